The second-order valence-corrected chi connectivity index (χ2v) is 5.41. The normalized spacial score (nSPS) is 31.8. The molecule has 3 rings (SSSR count). The highest BCUT2D eigenvalue weighted by atomic mass is 35.5. The standard InChI is InChI=1S/C11H14ClFN6O3/c1-15-7-5-8(18-10(14)17-7)19(3-16-5)9-11(12,13)6(21)4(2-20)22-9/h3-4,6,9,20-21H,2H2,1H3,(H3,14,15,17,18)/t4-,6-,9-,11-/m1/s1. The van der Waals surface area contributed by atoms with Gasteiger partial charge in [0.2, 0.25) is 5.95 Å². The van der Waals surface area contributed by atoms with Crippen molar-refractivity contribution in [2.75, 3.05) is 24.7 Å². The van der Waals surface area contributed by atoms with Gasteiger partial charge in [0.15, 0.2) is 23.2 Å². The number of nitrogens with one attached hydrogen (secondary N) is 1. The molecule has 0 bridgehead atoms. The Kier molecular flexibility index (Phi) is 3.56. The number of halogens is 2. The fourth-order valence-corrected chi connectivity index (χ4v) is 2.69. The van der Waals surface area contributed by atoms with Gasteiger partial charge in [0.25, 0.3) is 5.13 Å². The first-order valence-electron chi connectivity index (χ1n) is 6.40. The van der Waals surface area contributed by atoms with Crippen molar-refractivity contribution in [1.29, 1.82) is 0 Å². The van der Waals surface area contributed by atoms with Crippen LogP contribution in [0.25, 0.3) is 11.2 Å². The molecule has 2 aromatic rings. The lowest BCUT2D eigenvalue weighted by Gasteiger charge is -2.22. The molecule has 2 aromatic heterocycles. The van der Waals surface area contributed by atoms with E-state index in [9.17, 15) is 9.50 Å². The van der Waals surface area contributed by atoms with Crippen molar-refractivity contribution in [3.05, 3.63) is 6.33 Å². The first-order chi connectivity index (χ1) is 10.4. The zero-order valence-corrected chi connectivity index (χ0v) is 12.2. The predicted molar refractivity (Wildman–Crippen MR) is 76.0 cm³/mol. The van der Waals surface area contributed by atoms with E-state index in [0.717, 1.165) is 0 Å². The average molecular weight is 333 g/mol. The third-order valence-corrected chi connectivity index (χ3v) is 3.90. The Morgan fingerprint density at radius 3 is 2.91 bits per heavy atom. The van der Waals surface area contributed by atoms with Crippen LogP contribution in [0, 0.1) is 0 Å². The minimum Gasteiger partial charge on any atom is -0.394 e. The molecule has 4 atom stereocenters. The zero-order valence-electron chi connectivity index (χ0n) is 11.4. The Balaban J connectivity index is 2.13. The largest absolute Gasteiger partial charge is 0.394 e. The first kappa shape index (κ1) is 15.2. The molecule has 0 saturated carbocycles. The van der Waals surface area contributed by atoms with E-state index in [2.05, 4.69) is 20.3 Å². The number of nitrogen functional groups attached to an aromatic ring is 1. The minimum atomic E-state index is -2.65. The third-order valence-electron chi connectivity index (χ3n) is 3.49. The molecular formula is C11H14ClFN6O3. The van der Waals surface area contributed by atoms with E-state index in [1.54, 1.807) is 7.05 Å². The molecular weight excluding hydrogens is 319 g/mol. The lowest BCUT2D eigenvalue weighted by Crippen LogP contribution is -2.38. The van der Waals surface area contributed by atoms with E-state index in [-0.39, 0.29) is 11.6 Å². The summed E-state index contributed by atoms with van der Waals surface area (Å²) in [7, 11) is 1.62. The van der Waals surface area contributed by atoms with Gasteiger partial charge < -0.3 is 26.0 Å². The summed E-state index contributed by atoms with van der Waals surface area (Å²) < 4.78 is 21.1. The summed E-state index contributed by atoms with van der Waals surface area (Å²) in [5.41, 5.74) is 6.15. The number of nitrogens with two attached hydrogens (primary N) is 1. The maximum absolute atomic E-state index is 14.6. The van der Waals surface area contributed by atoms with Crippen molar-refractivity contribution < 1.29 is 19.3 Å². The number of fused-ring (bicyclic) bond motifs is 1. The van der Waals surface area contributed by atoms with Gasteiger partial charge in [0, 0.05) is 7.05 Å². The van der Waals surface area contributed by atoms with Crippen molar-refractivity contribution in [2.45, 2.75) is 23.6 Å². The molecule has 120 valence electrons. The zero-order chi connectivity index (χ0) is 16.1. The Hall–Kier alpha value is -1.75. The molecule has 0 unspecified atom stereocenters. The van der Waals surface area contributed by atoms with Gasteiger partial charge in [-0.25, -0.2) is 9.37 Å². The Bertz CT molecular complexity index is 710. The molecule has 3 heterocycles. The number of ether oxygens (including phenoxy) is 1. The lowest BCUT2D eigenvalue weighted by atomic mass is 10.1. The van der Waals surface area contributed by atoms with Crippen LogP contribution in [-0.2, 0) is 4.74 Å². The highest BCUT2D eigenvalue weighted by Gasteiger charge is 2.57. The van der Waals surface area contributed by atoms with Crippen molar-refractivity contribution in [1.82, 2.24) is 19.5 Å². The van der Waals surface area contributed by atoms with Crippen molar-refractivity contribution in [3.63, 3.8) is 0 Å². The van der Waals surface area contributed by atoms with Crippen LogP contribution >= 0.6 is 11.6 Å². The highest BCUT2D eigenvalue weighted by molar-refractivity contribution is 6.23. The SMILES string of the molecule is CNc1nc(N)nc2c1ncn2[C@@H]1O[C@H](CO)[C@@H](O)[C@]1(F)Cl. The monoisotopic (exact) mass is 332 g/mol. The third kappa shape index (κ3) is 2.07. The molecule has 1 fully saturated rings. The van der Waals surface area contributed by atoms with Crippen LogP contribution in [0.2, 0.25) is 0 Å². The van der Waals surface area contributed by atoms with E-state index >= 15 is 0 Å². The summed E-state index contributed by atoms with van der Waals surface area (Å²) in [6.45, 7) is -0.582. The molecule has 1 aliphatic heterocycles. The predicted octanol–water partition coefficient (Wildman–Crippen LogP) is -0.395. The van der Waals surface area contributed by atoms with Crippen molar-refractivity contribution in [3.8, 4) is 0 Å². The molecule has 9 nitrogen and oxygen atoms in total. The summed E-state index contributed by atoms with van der Waals surface area (Å²) in [4.78, 5) is 12.1. The average Bonchev–Trinajstić information content (AvgIpc) is 2.98. The summed E-state index contributed by atoms with van der Waals surface area (Å²) >= 11 is 5.77. The van der Waals surface area contributed by atoms with Gasteiger partial charge >= 0.3 is 0 Å². The van der Waals surface area contributed by atoms with E-state index < -0.39 is 30.2 Å². The fourth-order valence-electron chi connectivity index (χ4n) is 2.40. The molecule has 0 aliphatic carbocycles. The Morgan fingerprint density at radius 2 is 2.32 bits per heavy atom. The van der Waals surface area contributed by atoms with Crippen LogP contribution in [0.5, 0.6) is 0 Å². The van der Waals surface area contributed by atoms with Gasteiger partial charge in [-0.1, -0.05) is 11.6 Å². The van der Waals surface area contributed by atoms with Crippen LogP contribution < -0.4 is 11.1 Å². The number of aromatic nitrogens is 4. The maximum atomic E-state index is 14.6. The molecule has 1 saturated heterocycles. The van der Waals surface area contributed by atoms with Crippen LogP contribution in [-0.4, -0.2) is 60.7 Å². The van der Waals surface area contributed by atoms with E-state index in [0.29, 0.717) is 11.3 Å². The van der Waals surface area contributed by atoms with Crippen molar-refractivity contribution in [2.24, 2.45) is 0 Å². The Morgan fingerprint density at radius 1 is 1.59 bits per heavy atom. The smallest absolute Gasteiger partial charge is 0.256 e. The number of rotatable bonds is 3. The minimum absolute atomic E-state index is 0.0464. The second-order valence-electron chi connectivity index (χ2n) is 4.83. The molecule has 22 heavy (non-hydrogen) atoms. The van der Waals surface area contributed by atoms with E-state index in [1.165, 1.54) is 10.9 Å². The van der Waals surface area contributed by atoms with E-state index in [4.69, 9.17) is 27.2 Å². The number of alkyl halides is 2. The number of aliphatic hydroxyl groups excluding tert-OH is 2. The summed E-state index contributed by atoms with van der Waals surface area (Å²) in [5.74, 6) is 0.312. The lowest BCUT2D eigenvalue weighted by molar-refractivity contribution is -0.0482. The highest BCUT2D eigenvalue weighted by Crippen LogP contribution is 2.45. The molecule has 1 aliphatic rings. The topological polar surface area (TPSA) is 131 Å². The number of nitrogens with zero attached hydrogens (tertiary/aromatic N) is 4. The van der Waals surface area contributed by atoms with Gasteiger partial charge in [-0.05, 0) is 0 Å². The quantitative estimate of drug-likeness (QED) is 0.559. The van der Waals surface area contributed by atoms with Crippen LogP contribution in [0.15, 0.2) is 6.33 Å². The molecule has 0 aromatic carbocycles. The molecule has 5 N–H and O–H groups in total. The van der Waals surface area contributed by atoms with E-state index in [1.807, 2.05) is 0 Å². The van der Waals surface area contributed by atoms with Crippen LogP contribution in [0.3, 0.4) is 0 Å². The maximum Gasteiger partial charge on any atom is 0.256 e. The second kappa shape index (κ2) is 5.16. The number of hydrogen-bond acceptors (Lipinski definition) is 8. The number of hydrogen-bond donors (Lipinski definition) is 4. The molecule has 11 heteroatoms. The van der Waals surface area contributed by atoms with Crippen molar-refractivity contribution >= 4 is 34.5 Å². The fraction of sp³-hybridized carbons (Fsp3) is 0.545. The summed E-state index contributed by atoms with van der Waals surface area (Å²) in [6.07, 6.45) is -3.03. The number of imidazole rings is 1. The first-order valence-corrected chi connectivity index (χ1v) is 6.78. The van der Waals surface area contributed by atoms with Gasteiger partial charge in [0.1, 0.15) is 12.2 Å². The van der Waals surface area contributed by atoms with Gasteiger partial charge in [-0.3, -0.25) is 4.57 Å². The molecule has 0 amide bonds. The number of anilines is 2. The van der Waals surface area contributed by atoms with Gasteiger partial charge in [0.05, 0.1) is 12.9 Å². The number of aliphatic hydroxyl groups is 2. The summed E-state index contributed by atoms with van der Waals surface area (Å²) in [6, 6.07) is 0. The summed E-state index contributed by atoms with van der Waals surface area (Å²) in [5, 5.41) is 19.1. The molecule has 0 radical (unpaired) electrons. The van der Waals surface area contributed by atoms with Gasteiger partial charge in [-0.2, -0.15) is 9.97 Å². The van der Waals surface area contributed by atoms with Gasteiger partial charge in [-0.15, -0.1) is 0 Å². The molecule has 0 spiro atoms. The van der Waals surface area contributed by atoms with Crippen LogP contribution in [0.1, 0.15) is 6.23 Å². The Labute approximate surface area is 128 Å². The van der Waals surface area contributed by atoms with Crippen LogP contribution in [0.4, 0.5) is 16.2 Å².